The van der Waals surface area contributed by atoms with E-state index in [1.807, 2.05) is 12.3 Å². The van der Waals surface area contributed by atoms with Crippen LogP contribution in [0.3, 0.4) is 0 Å². The molecule has 3 nitrogen and oxygen atoms in total. The van der Waals surface area contributed by atoms with E-state index in [-0.39, 0.29) is 0 Å². The van der Waals surface area contributed by atoms with E-state index < -0.39 is 0 Å². The minimum atomic E-state index is 0.428. The highest BCUT2D eigenvalue weighted by Crippen LogP contribution is 2.35. The van der Waals surface area contributed by atoms with E-state index in [2.05, 4.69) is 36.7 Å². The molecule has 0 aliphatic carbocycles. The van der Waals surface area contributed by atoms with Gasteiger partial charge in [0.25, 0.3) is 0 Å². The molecule has 1 aromatic rings. The zero-order valence-electron chi connectivity index (χ0n) is 12.5. The van der Waals surface area contributed by atoms with Crippen molar-refractivity contribution in [1.82, 2.24) is 4.98 Å². The normalized spacial score (nSPS) is 21.3. The van der Waals surface area contributed by atoms with Crippen LogP contribution in [0.5, 0.6) is 0 Å². The van der Waals surface area contributed by atoms with Gasteiger partial charge in [0.2, 0.25) is 0 Å². The second-order valence-corrected chi connectivity index (χ2v) is 6.69. The molecule has 2 rings (SSSR count). The van der Waals surface area contributed by atoms with E-state index in [9.17, 15) is 0 Å². The van der Waals surface area contributed by atoms with E-state index in [0.29, 0.717) is 12.0 Å². The number of nitrogens with two attached hydrogens (primary N) is 1. The number of hydrogen-bond donors (Lipinski definition) is 1. The number of pyridine rings is 1. The number of rotatable bonds is 2. The molecule has 2 N–H and O–H groups in total. The van der Waals surface area contributed by atoms with Crippen LogP contribution in [0.2, 0.25) is 0 Å². The van der Waals surface area contributed by atoms with Crippen molar-refractivity contribution in [1.29, 1.82) is 0 Å². The van der Waals surface area contributed by atoms with Crippen molar-refractivity contribution in [3.63, 3.8) is 0 Å². The third-order valence-electron chi connectivity index (χ3n) is 4.34. The minimum absolute atomic E-state index is 0.428. The van der Waals surface area contributed by atoms with E-state index >= 15 is 0 Å². The summed E-state index contributed by atoms with van der Waals surface area (Å²) in [4.78, 5) is 6.88. The molecular formula is C16H27N3. The lowest BCUT2D eigenvalue weighted by Crippen LogP contribution is -2.26. The summed E-state index contributed by atoms with van der Waals surface area (Å²) in [7, 11) is 0. The van der Waals surface area contributed by atoms with Crippen LogP contribution in [0, 0.1) is 11.3 Å². The molecule has 1 unspecified atom stereocenters. The molecule has 1 aliphatic rings. The molecule has 0 bridgehead atoms. The van der Waals surface area contributed by atoms with Gasteiger partial charge in [-0.2, -0.15) is 0 Å². The third-order valence-corrected chi connectivity index (χ3v) is 4.34. The lowest BCUT2D eigenvalue weighted by atomic mass is 9.77. The fourth-order valence-corrected chi connectivity index (χ4v) is 2.95. The topological polar surface area (TPSA) is 42.1 Å². The van der Waals surface area contributed by atoms with Crippen LogP contribution in [0.4, 0.5) is 5.69 Å². The molecule has 19 heavy (non-hydrogen) atoms. The molecule has 3 heteroatoms. The van der Waals surface area contributed by atoms with Crippen molar-refractivity contribution in [2.45, 2.75) is 46.6 Å². The van der Waals surface area contributed by atoms with E-state index in [4.69, 9.17) is 5.73 Å². The second kappa shape index (κ2) is 5.91. The van der Waals surface area contributed by atoms with Crippen molar-refractivity contribution >= 4 is 5.69 Å². The third kappa shape index (κ3) is 3.69. The quantitative estimate of drug-likeness (QED) is 0.889. The van der Waals surface area contributed by atoms with Gasteiger partial charge in [0.05, 0.1) is 17.6 Å². The molecule has 0 spiro atoms. The van der Waals surface area contributed by atoms with Gasteiger partial charge in [0, 0.05) is 19.6 Å². The van der Waals surface area contributed by atoms with Gasteiger partial charge in [0.1, 0.15) is 0 Å². The van der Waals surface area contributed by atoms with Crippen molar-refractivity contribution in [2.75, 3.05) is 18.0 Å². The summed E-state index contributed by atoms with van der Waals surface area (Å²) in [6.45, 7) is 9.91. The fraction of sp³-hybridized carbons (Fsp3) is 0.688. The van der Waals surface area contributed by atoms with Gasteiger partial charge in [-0.1, -0.05) is 20.8 Å². The zero-order valence-corrected chi connectivity index (χ0v) is 12.5. The molecule has 0 amide bonds. The Morgan fingerprint density at radius 1 is 1.26 bits per heavy atom. The van der Waals surface area contributed by atoms with E-state index in [1.165, 1.54) is 24.9 Å². The largest absolute Gasteiger partial charge is 0.370 e. The zero-order chi connectivity index (χ0) is 13.9. The molecule has 1 atom stereocenters. The van der Waals surface area contributed by atoms with Gasteiger partial charge in [-0.15, -0.1) is 0 Å². The average Bonchev–Trinajstić information content (AvgIpc) is 2.64. The predicted molar refractivity (Wildman–Crippen MR) is 81.1 cm³/mol. The maximum Gasteiger partial charge on any atom is 0.0552 e. The first-order valence-corrected chi connectivity index (χ1v) is 7.40. The minimum Gasteiger partial charge on any atom is -0.370 e. The Hall–Kier alpha value is -1.09. The summed E-state index contributed by atoms with van der Waals surface area (Å²) in [6.07, 6.45) is 5.87. The Kier molecular flexibility index (Phi) is 4.46. The number of aromatic nitrogens is 1. The second-order valence-electron chi connectivity index (χ2n) is 6.69. The highest BCUT2D eigenvalue weighted by molar-refractivity contribution is 5.44. The van der Waals surface area contributed by atoms with Crippen molar-refractivity contribution in [3.05, 3.63) is 24.0 Å². The van der Waals surface area contributed by atoms with Crippen LogP contribution in [0.1, 0.15) is 45.7 Å². The average molecular weight is 261 g/mol. The van der Waals surface area contributed by atoms with Crippen LogP contribution in [-0.4, -0.2) is 18.1 Å². The Labute approximate surface area is 117 Å². The molecule has 1 aliphatic heterocycles. The van der Waals surface area contributed by atoms with Gasteiger partial charge in [0.15, 0.2) is 0 Å². The summed E-state index contributed by atoms with van der Waals surface area (Å²) in [5.74, 6) is 0.828. The molecule has 1 fully saturated rings. The molecular weight excluding hydrogens is 234 g/mol. The first-order valence-electron chi connectivity index (χ1n) is 7.40. The van der Waals surface area contributed by atoms with Crippen LogP contribution in [-0.2, 0) is 6.54 Å². The fourth-order valence-electron chi connectivity index (χ4n) is 2.95. The first-order chi connectivity index (χ1) is 9.00. The smallest absolute Gasteiger partial charge is 0.0552 e. The number of hydrogen-bond acceptors (Lipinski definition) is 3. The molecule has 106 valence electrons. The van der Waals surface area contributed by atoms with E-state index in [1.54, 1.807) is 0 Å². The number of nitrogens with zero attached hydrogens (tertiary/aromatic N) is 2. The molecule has 2 heterocycles. The van der Waals surface area contributed by atoms with Gasteiger partial charge in [-0.25, -0.2) is 0 Å². The van der Waals surface area contributed by atoms with Crippen LogP contribution >= 0.6 is 0 Å². The molecule has 1 aromatic heterocycles. The Morgan fingerprint density at radius 2 is 2.05 bits per heavy atom. The SMILES string of the molecule is CC(C)(C)C1CCCN(c2ccc(CN)nc2)CC1. The van der Waals surface area contributed by atoms with E-state index in [0.717, 1.165) is 24.7 Å². The Bertz CT molecular complexity index is 391. The van der Waals surface area contributed by atoms with Gasteiger partial charge in [-0.3, -0.25) is 4.98 Å². The van der Waals surface area contributed by atoms with Gasteiger partial charge in [-0.05, 0) is 42.7 Å². The van der Waals surface area contributed by atoms with Crippen LogP contribution < -0.4 is 10.6 Å². The summed E-state index contributed by atoms with van der Waals surface area (Å²) in [5, 5.41) is 0. The van der Waals surface area contributed by atoms with Crippen molar-refractivity contribution in [3.8, 4) is 0 Å². The van der Waals surface area contributed by atoms with Gasteiger partial charge < -0.3 is 10.6 Å². The maximum atomic E-state index is 5.59. The van der Waals surface area contributed by atoms with Crippen LogP contribution in [0.25, 0.3) is 0 Å². The van der Waals surface area contributed by atoms with Crippen LogP contribution in [0.15, 0.2) is 18.3 Å². The lowest BCUT2D eigenvalue weighted by Gasteiger charge is -2.30. The molecule has 0 radical (unpaired) electrons. The standard InChI is InChI=1S/C16H27N3/c1-16(2,3)13-5-4-9-19(10-8-13)15-7-6-14(11-17)18-12-15/h6-7,12-13H,4-5,8-11,17H2,1-3H3. The Balaban J connectivity index is 2.02. The highest BCUT2D eigenvalue weighted by Gasteiger charge is 2.27. The maximum absolute atomic E-state index is 5.59. The van der Waals surface area contributed by atoms with Crippen molar-refractivity contribution in [2.24, 2.45) is 17.1 Å². The first kappa shape index (κ1) is 14.3. The predicted octanol–water partition coefficient (Wildman–Crippen LogP) is 3.19. The lowest BCUT2D eigenvalue weighted by molar-refractivity contribution is 0.220. The summed E-state index contributed by atoms with van der Waals surface area (Å²) >= 11 is 0. The Morgan fingerprint density at radius 3 is 2.63 bits per heavy atom. The molecule has 0 saturated carbocycles. The summed E-state index contributed by atoms with van der Waals surface area (Å²) in [6, 6.07) is 4.20. The van der Waals surface area contributed by atoms with Crippen molar-refractivity contribution < 1.29 is 0 Å². The molecule has 0 aromatic carbocycles. The number of anilines is 1. The summed E-state index contributed by atoms with van der Waals surface area (Å²) < 4.78 is 0. The summed E-state index contributed by atoms with van der Waals surface area (Å²) in [5.41, 5.74) is 8.23. The van der Waals surface area contributed by atoms with Gasteiger partial charge >= 0.3 is 0 Å². The monoisotopic (exact) mass is 261 g/mol. The molecule has 1 saturated heterocycles. The highest BCUT2D eigenvalue weighted by atomic mass is 15.1.